The van der Waals surface area contributed by atoms with E-state index in [0.717, 1.165) is 0 Å². The summed E-state index contributed by atoms with van der Waals surface area (Å²) >= 11 is 0. The molecule has 0 aromatic heterocycles. The van der Waals surface area contributed by atoms with E-state index in [1.807, 2.05) is 6.07 Å². The van der Waals surface area contributed by atoms with Crippen LogP contribution in [0.5, 0.6) is 5.75 Å². The summed E-state index contributed by atoms with van der Waals surface area (Å²) in [7, 11) is 1.41. The van der Waals surface area contributed by atoms with E-state index in [4.69, 9.17) is 15.5 Å². The van der Waals surface area contributed by atoms with Crippen LogP contribution in [0.15, 0.2) is 23.3 Å². The maximum atomic E-state index is 9.92. The second-order valence-electron chi connectivity index (χ2n) is 3.49. The molecule has 0 saturated heterocycles. The number of ether oxygens (including phenoxy) is 1. The summed E-state index contributed by atoms with van der Waals surface area (Å²) in [5.41, 5.74) is 8.76. The lowest BCUT2D eigenvalue weighted by Gasteiger charge is -2.18. The minimum atomic E-state index is -1.29. The Morgan fingerprint density at radius 3 is 2.83 bits per heavy atom. The largest absolute Gasteiger partial charge is 0.496 e. The molecule has 94 valence electrons. The average molecular weight is 248 g/mol. The van der Waals surface area contributed by atoms with Crippen molar-refractivity contribution in [3.63, 3.8) is 0 Å². The van der Waals surface area contributed by atoms with Crippen molar-refractivity contribution in [1.82, 2.24) is 0 Å². The summed E-state index contributed by atoms with van der Waals surface area (Å²) in [6.45, 7) is -0.266. The van der Waals surface area contributed by atoms with Crippen molar-refractivity contribution >= 4 is 0 Å². The Balaban J connectivity index is 3.06. The van der Waals surface area contributed by atoms with Crippen LogP contribution in [0.1, 0.15) is 17.2 Å². The molecule has 0 heterocycles. The zero-order chi connectivity index (χ0) is 13.5. The van der Waals surface area contributed by atoms with Gasteiger partial charge in [-0.15, -0.1) is 0 Å². The first-order valence-corrected chi connectivity index (χ1v) is 5.09. The minimum Gasteiger partial charge on any atom is -0.496 e. The van der Waals surface area contributed by atoms with Crippen LogP contribution in [0.25, 0.3) is 10.4 Å². The predicted octanol–water partition coefficient (Wildman–Crippen LogP) is 1.27. The van der Waals surface area contributed by atoms with Crippen LogP contribution in [-0.4, -0.2) is 30.0 Å². The fourth-order valence-corrected chi connectivity index (χ4v) is 1.46. The smallest absolute Gasteiger partial charge is 0.124 e. The number of nitriles is 1. The Kier molecular flexibility index (Phi) is 4.96. The van der Waals surface area contributed by atoms with E-state index in [9.17, 15) is 10.2 Å². The highest BCUT2D eigenvalue weighted by molar-refractivity contribution is 5.43. The van der Waals surface area contributed by atoms with Crippen LogP contribution in [0.2, 0.25) is 0 Å². The molecule has 0 aliphatic heterocycles. The molecule has 0 fully saturated rings. The monoisotopic (exact) mass is 248 g/mol. The third-order valence-corrected chi connectivity index (χ3v) is 2.37. The number of aliphatic hydroxyl groups excluding tert-OH is 2. The van der Waals surface area contributed by atoms with E-state index in [-0.39, 0.29) is 12.1 Å². The molecule has 18 heavy (non-hydrogen) atoms. The van der Waals surface area contributed by atoms with E-state index in [1.165, 1.54) is 25.3 Å². The molecule has 2 N–H and O–H groups in total. The van der Waals surface area contributed by atoms with E-state index in [2.05, 4.69) is 10.0 Å². The second kappa shape index (κ2) is 6.47. The average Bonchev–Trinajstić information content (AvgIpc) is 2.43. The zero-order valence-corrected chi connectivity index (χ0v) is 9.69. The van der Waals surface area contributed by atoms with Gasteiger partial charge >= 0.3 is 0 Å². The number of methoxy groups -OCH3 is 1. The topological polar surface area (TPSA) is 122 Å². The van der Waals surface area contributed by atoms with E-state index in [1.54, 1.807) is 0 Å². The fraction of sp³-hybridized carbons (Fsp3) is 0.364. The van der Waals surface area contributed by atoms with Gasteiger partial charge in [-0.2, -0.15) is 5.26 Å². The first-order valence-electron chi connectivity index (χ1n) is 5.09. The van der Waals surface area contributed by atoms with E-state index < -0.39 is 12.2 Å². The van der Waals surface area contributed by atoms with Crippen molar-refractivity contribution in [3.8, 4) is 11.8 Å². The SMILES string of the molecule is COc1ccc(C#N)cc1C(O)C(O)CN=[N+]=[N-]. The highest BCUT2D eigenvalue weighted by Gasteiger charge is 2.21. The summed E-state index contributed by atoms with van der Waals surface area (Å²) in [6.07, 6.45) is -2.55. The molecule has 2 unspecified atom stereocenters. The molecule has 0 spiro atoms. The predicted molar refractivity (Wildman–Crippen MR) is 62.7 cm³/mol. The molecular weight excluding hydrogens is 236 g/mol. The van der Waals surface area contributed by atoms with Gasteiger partial charge in [0.15, 0.2) is 0 Å². The molecule has 0 bridgehead atoms. The lowest BCUT2D eigenvalue weighted by molar-refractivity contribution is 0.0230. The van der Waals surface area contributed by atoms with Crippen LogP contribution < -0.4 is 4.74 Å². The molecule has 1 aromatic carbocycles. The molecule has 1 aromatic rings. The molecule has 0 radical (unpaired) electrons. The van der Waals surface area contributed by atoms with Gasteiger partial charge in [0, 0.05) is 10.5 Å². The number of hydrogen-bond donors (Lipinski definition) is 2. The Morgan fingerprint density at radius 1 is 1.56 bits per heavy atom. The third kappa shape index (κ3) is 3.12. The third-order valence-electron chi connectivity index (χ3n) is 2.37. The molecule has 7 nitrogen and oxygen atoms in total. The van der Waals surface area contributed by atoms with Gasteiger partial charge in [0.05, 0.1) is 31.4 Å². The van der Waals surface area contributed by atoms with Gasteiger partial charge in [0.25, 0.3) is 0 Å². The van der Waals surface area contributed by atoms with Crippen molar-refractivity contribution < 1.29 is 14.9 Å². The molecule has 7 heteroatoms. The first kappa shape index (κ1) is 13.8. The zero-order valence-electron chi connectivity index (χ0n) is 9.69. The summed E-state index contributed by atoms with van der Waals surface area (Å²) < 4.78 is 5.04. The molecule has 1 rings (SSSR count). The molecular formula is C11H12N4O3. The maximum Gasteiger partial charge on any atom is 0.124 e. The lowest BCUT2D eigenvalue weighted by Crippen LogP contribution is -2.21. The highest BCUT2D eigenvalue weighted by atomic mass is 16.5. The van der Waals surface area contributed by atoms with Crippen molar-refractivity contribution in [2.75, 3.05) is 13.7 Å². The van der Waals surface area contributed by atoms with Crippen molar-refractivity contribution in [2.24, 2.45) is 5.11 Å². The van der Waals surface area contributed by atoms with Crippen molar-refractivity contribution in [1.29, 1.82) is 5.26 Å². The molecule has 0 aliphatic carbocycles. The minimum absolute atomic E-state index is 0.266. The molecule has 0 aliphatic rings. The van der Waals surface area contributed by atoms with Crippen LogP contribution in [0.3, 0.4) is 0 Å². The number of nitrogens with zero attached hydrogens (tertiary/aromatic N) is 4. The molecule has 0 saturated carbocycles. The van der Waals surface area contributed by atoms with Crippen LogP contribution >= 0.6 is 0 Å². The van der Waals surface area contributed by atoms with Crippen molar-refractivity contribution in [2.45, 2.75) is 12.2 Å². The second-order valence-corrected chi connectivity index (χ2v) is 3.49. The maximum absolute atomic E-state index is 9.92. The molecule has 0 amide bonds. The van der Waals surface area contributed by atoms with Gasteiger partial charge in [-0.3, -0.25) is 0 Å². The number of azide groups is 1. The Labute approximate surface area is 103 Å². The summed E-state index contributed by atoms with van der Waals surface area (Å²) in [4.78, 5) is 2.50. The van der Waals surface area contributed by atoms with Crippen molar-refractivity contribution in [3.05, 3.63) is 39.8 Å². The summed E-state index contributed by atoms with van der Waals surface area (Å²) in [5.74, 6) is 0.349. The number of rotatable bonds is 5. The van der Waals surface area contributed by atoms with Gasteiger partial charge in [-0.25, -0.2) is 0 Å². The number of aliphatic hydroxyl groups is 2. The van der Waals surface area contributed by atoms with Gasteiger partial charge in [-0.1, -0.05) is 5.11 Å². The number of hydrogen-bond acceptors (Lipinski definition) is 5. The Bertz CT molecular complexity index is 506. The summed E-state index contributed by atoms with van der Waals surface area (Å²) in [5, 5.41) is 31.5. The fourth-order valence-electron chi connectivity index (χ4n) is 1.46. The standard InChI is InChI=1S/C11H12N4O3/c1-18-10-3-2-7(5-12)4-8(10)11(17)9(16)6-14-15-13/h2-4,9,11,16-17H,6H2,1H3. The Morgan fingerprint density at radius 2 is 2.28 bits per heavy atom. The first-order chi connectivity index (χ1) is 8.63. The van der Waals surface area contributed by atoms with Crippen LogP contribution in [-0.2, 0) is 0 Å². The van der Waals surface area contributed by atoms with E-state index >= 15 is 0 Å². The Hall–Kier alpha value is -2.26. The lowest BCUT2D eigenvalue weighted by atomic mass is 10.0. The number of benzene rings is 1. The van der Waals surface area contributed by atoms with E-state index in [0.29, 0.717) is 11.3 Å². The van der Waals surface area contributed by atoms with Crippen LogP contribution in [0.4, 0.5) is 0 Å². The van der Waals surface area contributed by atoms with Gasteiger partial charge in [0.1, 0.15) is 11.9 Å². The highest BCUT2D eigenvalue weighted by Crippen LogP contribution is 2.28. The van der Waals surface area contributed by atoms with Gasteiger partial charge < -0.3 is 14.9 Å². The quantitative estimate of drug-likeness (QED) is 0.462. The van der Waals surface area contributed by atoms with Gasteiger partial charge in [0.2, 0.25) is 0 Å². The molecule has 2 atom stereocenters. The summed E-state index contributed by atoms with van der Waals surface area (Å²) in [6, 6.07) is 6.41. The van der Waals surface area contributed by atoms with Crippen LogP contribution in [0, 0.1) is 11.3 Å². The normalized spacial score (nSPS) is 13.0. The van der Waals surface area contributed by atoms with Gasteiger partial charge in [-0.05, 0) is 23.7 Å².